The molecule has 0 aliphatic carbocycles. The Morgan fingerprint density at radius 1 is 0.689 bits per heavy atom. The van der Waals surface area contributed by atoms with Gasteiger partial charge >= 0.3 is 0 Å². The standard InChI is InChI=1S/C24H29BrO2.C7HF5O.C4H5N/c1-22(2,3)15-9-14(13-26)20-17(10-15)24(7,8)18-11-16(23(4,5)6)12-19(25)21(18)27-20;8-3-2(1-13)4(9)6(11)7(12)5(3)10;1-2-4-5-3-1/h9-13H,1-8H3;1H;1-5H. The summed E-state index contributed by atoms with van der Waals surface area (Å²) in [6.07, 6.45) is 4.23. The molecule has 1 N–H and O–H groups in total. The highest BCUT2D eigenvalue weighted by atomic mass is 79.9. The fraction of sp³-hybridized carbons (Fsp3) is 0.314. The molecule has 1 aliphatic heterocycles. The topological polar surface area (TPSA) is 59.2 Å². The van der Waals surface area contributed by atoms with Crippen LogP contribution in [0.25, 0.3) is 0 Å². The molecule has 0 saturated heterocycles. The largest absolute Gasteiger partial charge is 0.455 e. The fourth-order valence-electron chi connectivity index (χ4n) is 4.59. The number of benzene rings is 3. The first-order valence-electron chi connectivity index (χ1n) is 14.0. The van der Waals surface area contributed by atoms with Crippen LogP contribution < -0.4 is 4.74 Å². The van der Waals surface area contributed by atoms with E-state index >= 15 is 0 Å². The molecule has 240 valence electrons. The number of aldehydes is 2. The van der Waals surface area contributed by atoms with Crippen molar-refractivity contribution in [3.05, 3.63) is 116 Å². The van der Waals surface area contributed by atoms with Gasteiger partial charge in [-0.2, -0.15) is 0 Å². The minimum absolute atomic E-state index is 0.0368. The Balaban J connectivity index is 0.000000252. The molecule has 0 spiro atoms. The van der Waals surface area contributed by atoms with Crippen molar-refractivity contribution in [1.29, 1.82) is 0 Å². The second kappa shape index (κ2) is 13.3. The molecule has 4 aromatic rings. The van der Waals surface area contributed by atoms with Gasteiger partial charge in [0.1, 0.15) is 11.5 Å². The lowest BCUT2D eigenvalue weighted by Crippen LogP contribution is -2.27. The monoisotopic (exact) mass is 691 g/mol. The number of aromatic nitrogens is 1. The third-order valence-electron chi connectivity index (χ3n) is 7.43. The molecule has 0 unspecified atom stereocenters. The van der Waals surface area contributed by atoms with Crippen molar-refractivity contribution in [3.8, 4) is 11.5 Å². The fourth-order valence-corrected chi connectivity index (χ4v) is 5.14. The minimum Gasteiger partial charge on any atom is -0.455 e. The number of hydrogen-bond donors (Lipinski definition) is 1. The molecular weight excluding hydrogens is 657 g/mol. The maximum Gasteiger partial charge on any atom is 0.200 e. The molecule has 10 heteroatoms. The number of nitrogens with one attached hydrogen (secondary N) is 1. The van der Waals surface area contributed by atoms with Crippen LogP contribution in [0.5, 0.6) is 11.5 Å². The number of fused-ring (bicyclic) bond motifs is 2. The van der Waals surface area contributed by atoms with Gasteiger partial charge in [-0.15, -0.1) is 0 Å². The van der Waals surface area contributed by atoms with Gasteiger partial charge in [-0.3, -0.25) is 9.59 Å². The molecule has 0 fully saturated rings. The third-order valence-corrected chi connectivity index (χ3v) is 8.02. The summed E-state index contributed by atoms with van der Waals surface area (Å²) in [7, 11) is 0. The van der Waals surface area contributed by atoms with Gasteiger partial charge in [0.15, 0.2) is 35.8 Å². The van der Waals surface area contributed by atoms with Crippen molar-refractivity contribution in [2.45, 2.75) is 71.6 Å². The lowest BCUT2D eigenvalue weighted by molar-refractivity contribution is 0.110. The molecule has 0 radical (unpaired) electrons. The predicted molar refractivity (Wildman–Crippen MR) is 168 cm³/mol. The average molecular weight is 693 g/mol. The van der Waals surface area contributed by atoms with E-state index in [4.69, 9.17) is 4.74 Å². The van der Waals surface area contributed by atoms with Crippen molar-refractivity contribution < 1.29 is 36.3 Å². The first-order valence-corrected chi connectivity index (χ1v) is 14.8. The minimum atomic E-state index is -2.28. The summed E-state index contributed by atoms with van der Waals surface area (Å²) < 4.78 is 69.0. The number of aromatic amines is 1. The predicted octanol–water partition coefficient (Wildman–Crippen LogP) is 10.5. The van der Waals surface area contributed by atoms with Crippen LogP contribution in [0.15, 0.2) is 53.3 Å². The van der Waals surface area contributed by atoms with Gasteiger partial charge in [-0.25, -0.2) is 22.0 Å². The number of carbonyl (C=O) groups is 2. The van der Waals surface area contributed by atoms with Gasteiger partial charge in [0.25, 0.3) is 0 Å². The number of hydrogen-bond acceptors (Lipinski definition) is 3. The number of rotatable bonds is 2. The van der Waals surface area contributed by atoms with Crippen molar-refractivity contribution in [2.75, 3.05) is 0 Å². The summed E-state index contributed by atoms with van der Waals surface area (Å²) in [6.45, 7) is 17.6. The maximum absolute atomic E-state index is 12.5. The summed E-state index contributed by atoms with van der Waals surface area (Å²) in [5.41, 5.74) is 3.50. The Kier molecular flexibility index (Phi) is 10.5. The highest BCUT2D eigenvalue weighted by Gasteiger charge is 2.38. The van der Waals surface area contributed by atoms with Gasteiger partial charge in [-0.05, 0) is 62.2 Å². The molecule has 1 aromatic heterocycles. The van der Waals surface area contributed by atoms with Gasteiger partial charge in [0.2, 0.25) is 5.82 Å². The van der Waals surface area contributed by atoms with Crippen LogP contribution >= 0.6 is 15.9 Å². The van der Waals surface area contributed by atoms with Crippen molar-refractivity contribution in [3.63, 3.8) is 0 Å². The van der Waals surface area contributed by atoms with Crippen LogP contribution in [0.1, 0.15) is 98.4 Å². The van der Waals surface area contributed by atoms with Gasteiger partial charge in [0, 0.05) is 28.9 Å². The number of halogens is 6. The van der Waals surface area contributed by atoms with Gasteiger partial charge in [-0.1, -0.05) is 67.5 Å². The van der Waals surface area contributed by atoms with E-state index in [2.05, 4.69) is 94.5 Å². The van der Waals surface area contributed by atoms with Crippen LogP contribution in [-0.4, -0.2) is 17.6 Å². The molecule has 0 bridgehead atoms. The Morgan fingerprint density at radius 3 is 1.53 bits per heavy atom. The molecule has 0 amide bonds. The van der Waals surface area contributed by atoms with E-state index in [1.165, 1.54) is 5.56 Å². The summed E-state index contributed by atoms with van der Waals surface area (Å²) in [5, 5.41) is 0. The van der Waals surface area contributed by atoms with Crippen LogP contribution in [0.2, 0.25) is 0 Å². The first-order chi connectivity index (χ1) is 20.8. The Labute approximate surface area is 268 Å². The van der Waals surface area contributed by atoms with E-state index in [0.717, 1.165) is 33.2 Å². The van der Waals surface area contributed by atoms with Crippen LogP contribution in [0, 0.1) is 29.1 Å². The van der Waals surface area contributed by atoms with Crippen molar-refractivity contribution in [2.24, 2.45) is 0 Å². The zero-order valence-corrected chi connectivity index (χ0v) is 27.9. The highest BCUT2D eigenvalue weighted by Crippen LogP contribution is 2.53. The lowest BCUT2D eigenvalue weighted by Gasteiger charge is -2.38. The van der Waals surface area contributed by atoms with E-state index in [9.17, 15) is 31.5 Å². The molecule has 4 nitrogen and oxygen atoms in total. The van der Waals surface area contributed by atoms with Crippen LogP contribution in [-0.2, 0) is 16.2 Å². The van der Waals surface area contributed by atoms with E-state index < -0.39 is 40.9 Å². The van der Waals surface area contributed by atoms with E-state index in [-0.39, 0.29) is 16.2 Å². The van der Waals surface area contributed by atoms with E-state index in [0.29, 0.717) is 11.3 Å². The molecule has 2 heterocycles. The second-order valence-electron chi connectivity index (χ2n) is 13.1. The highest BCUT2D eigenvalue weighted by molar-refractivity contribution is 9.10. The van der Waals surface area contributed by atoms with Gasteiger partial charge < -0.3 is 9.72 Å². The summed E-state index contributed by atoms with van der Waals surface area (Å²) >= 11 is 3.71. The molecular formula is C35H35BrF5NO3. The van der Waals surface area contributed by atoms with E-state index in [1.807, 2.05) is 30.6 Å². The molecule has 0 atom stereocenters. The molecule has 3 aromatic carbocycles. The molecule has 45 heavy (non-hydrogen) atoms. The van der Waals surface area contributed by atoms with Crippen molar-refractivity contribution in [1.82, 2.24) is 4.98 Å². The van der Waals surface area contributed by atoms with Gasteiger partial charge in [0.05, 0.1) is 15.6 Å². The SMILES string of the molecule is CC(C)(C)c1cc(Br)c2c(c1)C(C)(C)c1cc(C(C)(C)C)cc(C=O)c1O2.O=Cc1c(F)c(F)c(F)c(F)c1F.c1cc[nH]c1. The Hall–Kier alpha value is -3.79. The lowest BCUT2D eigenvalue weighted by atomic mass is 9.71. The Morgan fingerprint density at radius 2 is 1.13 bits per heavy atom. The summed E-state index contributed by atoms with van der Waals surface area (Å²) in [4.78, 5) is 24.6. The number of ether oxygens (including phenoxy) is 1. The normalized spacial score (nSPS) is 13.2. The average Bonchev–Trinajstić information content (AvgIpc) is 3.55. The number of H-pyrrole nitrogens is 1. The summed E-state index contributed by atoms with van der Waals surface area (Å²) in [5.74, 6) is -9.27. The molecule has 1 aliphatic rings. The third kappa shape index (κ3) is 7.38. The second-order valence-corrected chi connectivity index (χ2v) is 14.0. The maximum atomic E-state index is 12.5. The first kappa shape index (κ1) is 35.7. The van der Waals surface area contributed by atoms with Crippen LogP contribution in [0.3, 0.4) is 0 Å². The summed E-state index contributed by atoms with van der Waals surface area (Å²) in [6, 6.07) is 12.4. The number of carbonyl (C=O) groups excluding carboxylic acids is 2. The van der Waals surface area contributed by atoms with Crippen LogP contribution in [0.4, 0.5) is 22.0 Å². The van der Waals surface area contributed by atoms with Crippen molar-refractivity contribution >= 4 is 28.5 Å². The zero-order valence-electron chi connectivity index (χ0n) is 26.3. The molecule has 5 rings (SSSR count). The Bertz CT molecular complexity index is 1670. The quantitative estimate of drug-likeness (QED) is 0.0985. The van der Waals surface area contributed by atoms with E-state index in [1.54, 1.807) is 0 Å². The molecule has 0 saturated carbocycles. The smallest absolute Gasteiger partial charge is 0.200 e. The zero-order chi connectivity index (χ0) is 34.1.